The van der Waals surface area contributed by atoms with Crippen LogP contribution in [-0.4, -0.2) is 41.5 Å². The Morgan fingerprint density at radius 3 is 2.65 bits per heavy atom. The molecule has 1 heterocycles. The first-order valence-electron chi connectivity index (χ1n) is 12.1. The minimum Gasteiger partial charge on any atom is -0.507 e. The summed E-state index contributed by atoms with van der Waals surface area (Å²) in [5, 5.41) is 13.3. The summed E-state index contributed by atoms with van der Waals surface area (Å²) in [5.41, 5.74) is 10.3. The number of hydrogen-bond donors (Lipinski definition) is 3. The molecule has 2 aromatic rings. The molecule has 4 N–H and O–H groups in total. The van der Waals surface area contributed by atoms with Gasteiger partial charge in [0.2, 0.25) is 5.91 Å². The summed E-state index contributed by atoms with van der Waals surface area (Å²) in [5.74, 6) is 0.582. The first-order valence-corrected chi connectivity index (χ1v) is 12.1. The first kappa shape index (κ1) is 25.6. The Morgan fingerprint density at radius 2 is 1.94 bits per heavy atom. The van der Waals surface area contributed by atoms with Crippen molar-refractivity contribution in [2.24, 2.45) is 5.73 Å². The molecule has 7 heteroatoms. The zero-order valence-electron chi connectivity index (χ0n) is 20.7. The molecule has 0 radical (unpaired) electrons. The molecule has 184 valence electrons. The highest BCUT2D eigenvalue weighted by Crippen LogP contribution is 2.36. The molecule has 2 aromatic carbocycles. The second-order valence-electron chi connectivity index (χ2n) is 9.02. The first-order chi connectivity index (χ1) is 16.3. The number of aromatic hydroxyl groups is 1. The zero-order valence-corrected chi connectivity index (χ0v) is 20.7. The molecular formula is C27H37N3O4. The van der Waals surface area contributed by atoms with Gasteiger partial charge in [-0.2, -0.15) is 0 Å². The van der Waals surface area contributed by atoms with Crippen molar-refractivity contribution in [1.82, 2.24) is 4.90 Å². The summed E-state index contributed by atoms with van der Waals surface area (Å²) in [4.78, 5) is 28.6. The lowest BCUT2D eigenvalue weighted by atomic mass is 9.91. The van der Waals surface area contributed by atoms with Gasteiger partial charge in [-0.3, -0.25) is 9.59 Å². The number of carbonyl (C=O) groups is 2. The van der Waals surface area contributed by atoms with Crippen LogP contribution in [0.3, 0.4) is 0 Å². The largest absolute Gasteiger partial charge is 0.507 e. The van der Waals surface area contributed by atoms with Crippen LogP contribution in [0.2, 0.25) is 0 Å². The maximum absolute atomic E-state index is 13.7. The molecule has 0 fully saturated rings. The third-order valence-electron chi connectivity index (χ3n) is 6.61. The van der Waals surface area contributed by atoms with Gasteiger partial charge in [0, 0.05) is 25.2 Å². The fourth-order valence-electron chi connectivity index (χ4n) is 4.48. The summed E-state index contributed by atoms with van der Waals surface area (Å²) in [6, 6.07) is 6.74. The Morgan fingerprint density at radius 1 is 1.18 bits per heavy atom. The van der Waals surface area contributed by atoms with E-state index in [0.717, 1.165) is 41.5 Å². The Labute approximate surface area is 202 Å². The average Bonchev–Trinajstić information content (AvgIpc) is 2.83. The molecule has 0 spiro atoms. The number of amides is 2. The van der Waals surface area contributed by atoms with E-state index in [1.807, 2.05) is 32.0 Å². The minimum absolute atomic E-state index is 0.0117. The zero-order chi connectivity index (χ0) is 24.8. The van der Waals surface area contributed by atoms with E-state index in [1.54, 1.807) is 17.9 Å². The molecule has 3 rings (SSSR count). The number of fused-ring (bicyclic) bond motifs is 1. The molecule has 0 aliphatic carbocycles. The normalized spacial score (nSPS) is 15.1. The van der Waals surface area contributed by atoms with Gasteiger partial charge in [0.25, 0.3) is 5.91 Å². The molecular weight excluding hydrogens is 430 g/mol. The number of nitrogens with zero attached hydrogens (tertiary/aromatic N) is 1. The van der Waals surface area contributed by atoms with Gasteiger partial charge in [-0.15, -0.1) is 0 Å². The molecule has 0 saturated carbocycles. The van der Waals surface area contributed by atoms with Crippen LogP contribution in [0, 0.1) is 20.8 Å². The highest BCUT2D eigenvalue weighted by molar-refractivity contribution is 5.99. The summed E-state index contributed by atoms with van der Waals surface area (Å²) < 4.78 is 5.72. The van der Waals surface area contributed by atoms with Crippen LogP contribution in [-0.2, 0) is 16.0 Å². The fraction of sp³-hybridized carbons (Fsp3) is 0.481. The number of phenols is 1. The molecule has 0 bridgehead atoms. The number of hydrogen-bond acceptors (Lipinski definition) is 5. The summed E-state index contributed by atoms with van der Waals surface area (Å²) in [7, 11) is 0. The van der Waals surface area contributed by atoms with Crippen LogP contribution in [0.25, 0.3) is 0 Å². The van der Waals surface area contributed by atoms with E-state index < -0.39 is 6.04 Å². The standard InChI is InChI=1S/C27H37N3O4/c1-5-6-7-8-24(31)30-13-11-20-9-10-21(34-14-12-28)16-22(20)25(30)27(33)29-23-15-17(2)26(32)19(4)18(23)3/h9-10,15-16,25,32H,5-8,11-14,28H2,1-4H3,(H,29,33). The van der Waals surface area contributed by atoms with E-state index in [0.29, 0.717) is 49.5 Å². The lowest BCUT2D eigenvalue weighted by Crippen LogP contribution is -2.45. The van der Waals surface area contributed by atoms with E-state index in [1.165, 1.54) is 0 Å². The van der Waals surface area contributed by atoms with Crippen molar-refractivity contribution in [2.45, 2.75) is 65.8 Å². The van der Waals surface area contributed by atoms with Crippen LogP contribution in [0.5, 0.6) is 11.5 Å². The van der Waals surface area contributed by atoms with Gasteiger partial charge in [0.15, 0.2) is 0 Å². The van der Waals surface area contributed by atoms with Gasteiger partial charge < -0.3 is 25.8 Å². The number of ether oxygens (including phenoxy) is 1. The SMILES string of the molecule is CCCCCC(=O)N1CCc2ccc(OCCN)cc2C1C(=O)Nc1cc(C)c(O)c(C)c1C. The molecule has 34 heavy (non-hydrogen) atoms. The van der Waals surface area contributed by atoms with Crippen LogP contribution in [0.4, 0.5) is 5.69 Å². The second-order valence-corrected chi connectivity index (χ2v) is 9.02. The van der Waals surface area contributed by atoms with Crippen molar-refractivity contribution in [3.63, 3.8) is 0 Å². The number of unbranched alkanes of at least 4 members (excludes halogenated alkanes) is 2. The lowest BCUT2D eigenvalue weighted by molar-refractivity contribution is -0.139. The van der Waals surface area contributed by atoms with Gasteiger partial charge in [0.05, 0.1) is 0 Å². The van der Waals surface area contributed by atoms with Gasteiger partial charge in [0.1, 0.15) is 24.1 Å². The average molecular weight is 468 g/mol. The maximum Gasteiger partial charge on any atom is 0.251 e. The number of rotatable bonds is 9. The minimum atomic E-state index is -0.756. The Hall–Kier alpha value is -3.06. The Balaban J connectivity index is 1.98. The number of carbonyl (C=O) groups excluding carboxylic acids is 2. The van der Waals surface area contributed by atoms with Crippen molar-refractivity contribution in [3.05, 3.63) is 52.1 Å². The van der Waals surface area contributed by atoms with Crippen LogP contribution in [0.1, 0.15) is 66.5 Å². The van der Waals surface area contributed by atoms with E-state index >= 15 is 0 Å². The number of aryl methyl sites for hydroxylation is 1. The van der Waals surface area contributed by atoms with E-state index in [4.69, 9.17) is 10.5 Å². The fourth-order valence-corrected chi connectivity index (χ4v) is 4.48. The summed E-state index contributed by atoms with van der Waals surface area (Å²) >= 11 is 0. The van der Waals surface area contributed by atoms with Gasteiger partial charge in [-0.25, -0.2) is 0 Å². The molecule has 1 atom stereocenters. The highest BCUT2D eigenvalue weighted by Gasteiger charge is 2.36. The van der Waals surface area contributed by atoms with Gasteiger partial charge in [-0.1, -0.05) is 25.8 Å². The number of benzene rings is 2. The van der Waals surface area contributed by atoms with Crippen molar-refractivity contribution >= 4 is 17.5 Å². The van der Waals surface area contributed by atoms with Gasteiger partial charge in [-0.05, 0) is 79.6 Å². The third kappa shape index (κ3) is 5.53. The molecule has 0 saturated heterocycles. The van der Waals surface area contributed by atoms with Crippen molar-refractivity contribution in [2.75, 3.05) is 25.0 Å². The van der Waals surface area contributed by atoms with Gasteiger partial charge >= 0.3 is 0 Å². The van der Waals surface area contributed by atoms with E-state index in [2.05, 4.69) is 12.2 Å². The lowest BCUT2D eigenvalue weighted by Gasteiger charge is -2.37. The molecule has 7 nitrogen and oxygen atoms in total. The quantitative estimate of drug-likeness (QED) is 0.377. The summed E-state index contributed by atoms with van der Waals surface area (Å²) in [6.45, 7) is 8.86. The third-order valence-corrected chi connectivity index (χ3v) is 6.61. The van der Waals surface area contributed by atoms with E-state index in [9.17, 15) is 14.7 Å². The topological polar surface area (TPSA) is 105 Å². The predicted octanol–water partition coefficient (Wildman–Crippen LogP) is 4.30. The number of phenolic OH excluding ortho intramolecular Hbond substituents is 1. The summed E-state index contributed by atoms with van der Waals surface area (Å²) in [6.07, 6.45) is 3.93. The van der Waals surface area contributed by atoms with Crippen LogP contribution < -0.4 is 15.8 Å². The van der Waals surface area contributed by atoms with E-state index in [-0.39, 0.29) is 17.6 Å². The van der Waals surface area contributed by atoms with Crippen LogP contribution >= 0.6 is 0 Å². The molecule has 1 unspecified atom stereocenters. The highest BCUT2D eigenvalue weighted by atomic mass is 16.5. The maximum atomic E-state index is 13.7. The Bertz CT molecular complexity index is 1050. The number of anilines is 1. The molecule has 1 aliphatic heterocycles. The van der Waals surface area contributed by atoms with Crippen LogP contribution in [0.15, 0.2) is 24.3 Å². The smallest absolute Gasteiger partial charge is 0.251 e. The van der Waals surface area contributed by atoms with Crippen molar-refractivity contribution in [3.8, 4) is 11.5 Å². The molecule has 1 aliphatic rings. The molecule has 2 amide bonds. The van der Waals surface area contributed by atoms with Crippen molar-refractivity contribution in [1.29, 1.82) is 0 Å². The Kier molecular flexibility index (Phi) is 8.56. The monoisotopic (exact) mass is 467 g/mol. The van der Waals surface area contributed by atoms with Crippen molar-refractivity contribution < 1.29 is 19.4 Å². The molecule has 0 aromatic heterocycles. The number of nitrogens with one attached hydrogen (secondary N) is 1. The predicted molar refractivity (Wildman–Crippen MR) is 134 cm³/mol. The number of nitrogens with two attached hydrogens (primary N) is 1. The second kappa shape index (κ2) is 11.4.